The van der Waals surface area contributed by atoms with Crippen molar-refractivity contribution in [3.63, 3.8) is 0 Å². The molecule has 1 aromatic carbocycles. The number of rotatable bonds is 6. The Labute approximate surface area is 213 Å². The molecule has 5 rings (SSSR count). The topological polar surface area (TPSA) is 100 Å². The Morgan fingerprint density at radius 1 is 1.08 bits per heavy atom. The first-order chi connectivity index (χ1) is 17.5. The maximum atomic E-state index is 14.3. The Bertz CT molecular complexity index is 1170. The zero-order valence-electron chi connectivity index (χ0n) is 21.1. The van der Waals surface area contributed by atoms with Gasteiger partial charge in [0.15, 0.2) is 0 Å². The Morgan fingerprint density at radius 2 is 1.75 bits per heavy atom. The first-order valence-electron chi connectivity index (χ1n) is 13.0. The van der Waals surface area contributed by atoms with E-state index >= 15 is 0 Å². The van der Waals surface area contributed by atoms with Crippen molar-refractivity contribution < 1.29 is 4.79 Å². The van der Waals surface area contributed by atoms with Crippen molar-refractivity contribution in [1.82, 2.24) is 19.8 Å². The summed E-state index contributed by atoms with van der Waals surface area (Å²) in [5.41, 5.74) is 0.747. The van der Waals surface area contributed by atoms with E-state index in [0.29, 0.717) is 18.3 Å². The van der Waals surface area contributed by atoms with E-state index in [0.717, 1.165) is 57.1 Å². The van der Waals surface area contributed by atoms with Crippen LogP contribution in [0, 0.1) is 28.1 Å². The number of aromatic nitrogens is 2. The van der Waals surface area contributed by atoms with Crippen LogP contribution < -0.4 is 4.90 Å². The third kappa shape index (κ3) is 3.90. The standard InChI is InChI=1S/C28H33N7O/c1-3-33(2)22-10-14-28(15-11-22)25(21-8-5-4-6-9-21)35(23-17-31-24(16-29)32-18-23)26(36)34(28)20-27(19-30)12-7-13-27/h4-6,8-9,17-18,22,25H,3,7,10-15,20H2,1-2H3. The molecular formula is C28H33N7O. The predicted octanol–water partition coefficient (Wildman–Crippen LogP) is 4.66. The van der Waals surface area contributed by atoms with Gasteiger partial charge in [-0.25, -0.2) is 14.8 Å². The summed E-state index contributed by atoms with van der Waals surface area (Å²) in [4.78, 5) is 29.0. The van der Waals surface area contributed by atoms with E-state index in [1.165, 1.54) is 0 Å². The molecule has 1 saturated heterocycles. The van der Waals surface area contributed by atoms with Crippen molar-refractivity contribution in [3.8, 4) is 12.1 Å². The van der Waals surface area contributed by atoms with Crippen LogP contribution in [0.2, 0.25) is 0 Å². The predicted molar refractivity (Wildman–Crippen MR) is 136 cm³/mol. The maximum absolute atomic E-state index is 14.3. The van der Waals surface area contributed by atoms with Gasteiger partial charge in [-0.05, 0) is 57.7 Å². The third-order valence-electron chi connectivity index (χ3n) is 8.83. The van der Waals surface area contributed by atoms with Crippen LogP contribution in [-0.4, -0.2) is 57.5 Å². The fourth-order valence-electron chi connectivity index (χ4n) is 6.46. The SMILES string of the molecule is CCN(C)C1CCC2(CC1)C(c1ccccc1)N(c1cnc(C#N)nc1)C(=O)N2CC1(C#N)CCC1. The van der Waals surface area contributed by atoms with Gasteiger partial charge in [0.1, 0.15) is 6.07 Å². The van der Waals surface area contributed by atoms with Gasteiger partial charge >= 0.3 is 6.03 Å². The van der Waals surface area contributed by atoms with Gasteiger partial charge in [-0.1, -0.05) is 43.7 Å². The maximum Gasteiger partial charge on any atom is 0.325 e. The Hall–Kier alpha value is -3.49. The third-order valence-corrected chi connectivity index (χ3v) is 8.83. The lowest BCUT2D eigenvalue weighted by molar-refractivity contribution is 0.0284. The minimum absolute atomic E-state index is 0.0780. The van der Waals surface area contributed by atoms with Crippen LogP contribution in [0.4, 0.5) is 10.5 Å². The summed E-state index contributed by atoms with van der Waals surface area (Å²) < 4.78 is 0. The normalized spacial score (nSPS) is 27.1. The summed E-state index contributed by atoms with van der Waals surface area (Å²) in [5.74, 6) is 0.0780. The Morgan fingerprint density at radius 3 is 2.28 bits per heavy atom. The van der Waals surface area contributed by atoms with Crippen molar-refractivity contribution in [1.29, 1.82) is 10.5 Å². The number of carbonyl (C=O) groups is 1. The first kappa shape index (κ1) is 24.2. The molecule has 2 amide bonds. The molecule has 2 heterocycles. The zero-order chi connectivity index (χ0) is 25.3. The molecule has 1 unspecified atom stereocenters. The number of carbonyl (C=O) groups excluding carboxylic acids is 1. The minimum atomic E-state index is -0.474. The quantitative estimate of drug-likeness (QED) is 0.592. The van der Waals surface area contributed by atoms with Gasteiger partial charge < -0.3 is 9.80 Å². The molecule has 2 aromatic rings. The summed E-state index contributed by atoms with van der Waals surface area (Å²) in [6, 6.07) is 14.9. The van der Waals surface area contributed by atoms with E-state index in [1.54, 1.807) is 12.4 Å². The minimum Gasteiger partial charge on any atom is -0.315 e. The van der Waals surface area contributed by atoms with Gasteiger partial charge in [-0.3, -0.25) is 4.90 Å². The van der Waals surface area contributed by atoms with Crippen LogP contribution in [-0.2, 0) is 0 Å². The highest BCUT2D eigenvalue weighted by atomic mass is 16.2. The monoisotopic (exact) mass is 483 g/mol. The van der Waals surface area contributed by atoms with Crippen molar-refractivity contribution in [3.05, 3.63) is 54.1 Å². The summed E-state index contributed by atoms with van der Waals surface area (Å²) in [7, 11) is 2.17. The number of hydrogen-bond donors (Lipinski definition) is 0. The van der Waals surface area contributed by atoms with Crippen molar-refractivity contribution >= 4 is 11.7 Å². The van der Waals surface area contributed by atoms with Gasteiger partial charge in [0.2, 0.25) is 5.82 Å². The number of benzene rings is 1. The summed E-state index contributed by atoms with van der Waals surface area (Å²) >= 11 is 0. The molecule has 8 heteroatoms. The Kier molecular flexibility index (Phi) is 6.40. The molecule has 1 aromatic heterocycles. The van der Waals surface area contributed by atoms with E-state index in [2.05, 4.69) is 47.0 Å². The average molecular weight is 484 g/mol. The number of nitriles is 2. The first-order valence-corrected chi connectivity index (χ1v) is 13.0. The fraction of sp³-hybridized carbons (Fsp3) is 0.536. The highest BCUT2D eigenvalue weighted by Gasteiger charge is 2.60. The van der Waals surface area contributed by atoms with Gasteiger partial charge in [0.25, 0.3) is 0 Å². The number of anilines is 1. The second-order valence-electron chi connectivity index (χ2n) is 10.6. The number of hydrogen-bond acceptors (Lipinski definition) is 6. The number of nitrogens with zero attached hydrogens (tertiary/aromatic N) is 7. The smallest absolute Gasteiger partial charge is 0.315 e. The molecule has 186 valence electrons. The molecular weight excluding hydrogens is 450 g/mol. The molecule has 0 bridgehead atoms. The molecule has 0 N–H and O–H groups in total. The van der Waals surface area contributed by atoms with Gasteiger partial charge in [-0.15, -0.1) is 0 Å². The van der Waals surface area contributed by atoms with E-state index in [-0.39, 0.29) is 17.9 Å². The summed E-state index contributed by atoms with van der Waals surface area (Å²) in [5, 5.41) is 19.3. The highest BCUT2D eigenvalue weighted by Crippen LogP contribution is 2.55. The zero-order valence-corrected chi connectivity index (χ0v) is 21.1. The second kappa shape index (κ2) is 9.52. The number of amides is 2. The van der Waals surface area contributed by atoms with E-state index in [9.17, 15) is 15.3 Å². The lowest BCUT2D eigenvalue weighted by Gasteiger charge is -2.50. The molecule has 3 fully saturated rings. The number of urea groups is 1. The van der Waals surface area contributed by atoms with E-state index in [4.69, 9.17) is 0 Å². The molecule has 1 atom stereocenters. The molecule has 1 spiro atoms. The highest BCUT2D eigenvalue weighted by molar-refractivity contribution is 5.96. The molecule has 36 heavy (non-hydrogen) atoms. The van der Waals surface area contributed by atoms with E-state index < -0.39 is 11.0 Å². The van der Waals surface area contributed by atoms with Crippen LogP contribution in [0.25, 0.3) is 0 Å². The average Bonchev–Trinajstić information content (AvgIpc) is 3.13. The lowest BCUT2D eigenvalue weighted by Crippen LogP contribution is -2.56. The summed E-state index contributed by atoms with van der Waals surface area (Å²) in [6.07, 6.45) is 9.57. The van der Waals surface area contributed by atoms with Crippen LogP contribution >= 0.6 is 0 Å². The molecule has 8 nitrogen and oxygen atoms in total. The fourth-order valence-corrected chi connectivity index (χ4v) is 6.46. The van der Waals surface area contributed by atoms with Crippen molar-refractivity contribution in [2.24, 2.45) is 5.41 Å². The second-order valence-corrected chi connectivity index (χ2v) is 10.6. The van der Waals surface area contributed by atoms with Crippen LogP contribution in [0.1, 0.15) is 69.3 Å². The molecule has 1 aliphatic heterocycles. The van der Waals surface area contributed by atoms with Crippen LogP contribution in [0.3, 0.4) is 0 Å². The van der Waals surface area contributed by atoms with Crippen LogP contribution in [0.5, 0.6) is 0 Å². The largest absolute Gasteiger partial charge is 0.325 e. The van der Waals surface area contributed by atoms with Crippen molar-refractivity contribution in [2.45, 2.75) is 69.5 Å². The van der Waals surface area contributed by atoms with Gasteiger partial charge in [0.05, 0.1) is 41.1 Å². The lowest BCUT2D eigenvalue weighted by atomic mass is 9.67. The molecule has 3 aliphatic rings. The van der Waals surface area contributed by atoms with Crippen molar-refractivity contribution in [2.75, 3.05) is 25.0 Å². The molecule has 2 saturated carbocycles. The van der Waals surface area contributed by atoms with Crippen LogP contribution in [0.15, 0.2) is 42.7 Å². The summed E-state index contributed by atoms with van der Waals surface area (Å²) in [6.45, 7) is 3.63. The molecule has 2 aliphatic carbocycles. The van der Waals surface area contributed by atoms with Gasteiger partial charge in [-0.2, -0.15) is 10.5 Å². The van der Waals surface area contributed by atoms with E-state index in [1.807, 2.05) is 34.1 Å². The molecule has 0 radical (unpaired) electrons. The Balaban J connectivity index is 1.62. The van der Waals surface area contributed by atoms with Gasteiger partial charge in [0, 0.05) is 12.6 Å².